The highest BCUT2D eigenvalue weighted by Gasteiger charge is 2.16. The van der Waals surface area contributed by atoms with Crippen LogP contribution in [-0.4, -0.2) is 38.4 Å². The van der Waals surface area contributed by atoms with Gasteiger partial charge in [-0.1, -0.05) is 37.4 Å². The van der Waals surface area contributed by atoms with E-state index < -0.39 is 11.9 Å². The zero-order valence-corrected chi connectivity index (χ0v) is 24.6. The summed E-state index contributed by atoms with van der Waals surface area (Å²) in [6, 6.07) is 24.1. The van der Waals surface area contributed by atoms with Crippen LogP contribution in [0.4, 0.5) is 0 Å². The van der Waals surface area contributed by atoms with Gasteiger partial charge in [0.05, 0.1) is 50.1 Å². The standard InChI is InChI=1S/C36H36O8/c1-3-39-23-7-9-25-41-29-17-13-27(14-18-29)35(37)43-33-21-22-34(32-12-6-5-11-31(32)33)44-36(38)28-15-19-30(20-16-28)42-26-10-8-24-40-4-2/h3-6,11-22H,1-2,7-10,23-26H2. The summed E-state index contributed by atoms with van der Waals surface area (Å²) in [5.74, 6) is 1.00. The number of carbonyl (C=O) groups is 2. The second kappa shape index (κ2) is 17.0. The number of hydrogen-bond acceptors (Lipinski definition) is 8. The van der Waals surface area contributed by atoms with Crippen LogP contribution in [0.5, 0.6) is 23.0 Å². The van der Waals surface area contributed by atoms with E-state index in [-0.39, 0.29) is 0 Å². The van der Waals surface area contributed by atoms with Gasteiger partial charge in [-0.15, -0.1) is 0 Å². The van der Waals surface area contributed by atoms with Gasteiger partial charge in [-0.2, -0.15) is 0 Å². The molecule has 0 atom stereocenters. The van der Waals surface area contributed by atoms with Crippen molar-refractivity contribution < 1.29 is 38.0 Å². The zero-order valence-electron chi connectivity index (χ0n) is 24.6. The molecular formula is C36H36O8. The molecule has 0 spiro atoms. The molecule has 228 valence electrons. The predicted molar refractivity (Wildman–Crippen MR) is 169 cm³/mol. The van der Waals surface area contributed by atoms with Crippen molar-refractivity contribution in [1.82, 2.24) is 0 Å². The van der Waals surface area contributed by atoms with Gasteiger partial charge >= 0.3 is 11.9 Å². The molecule has 4 aromatic carbocycles. The Kier molecular flexibility index (Phi) is 12.3. The summed E-state index contributed by atoms with van der Waals surface area (Å²) in [7, 11) is 0. The number of ether oxygens (including phenoxy) is 6. The molecule has 44 heavy (non-hydrogen) atoms. The molecule has 8 heteroatoms. The van der Waals surface area contributed by atoms with Crippen molar-refractivity contribution in [2.24, 2.45) is 0 Å². The molecule has 8 nitrogen and oxygen atoms in total. The van der Waals surface area contributed by atoms with Crippen LogP contribution in [0.15, 0.2) is 111 Å². The number of unbranched alkanes of at least 4 members (excludes halogenated alkanes) is 2. The molecule has 0 N–H and O–H groups in total. The van der Waals surface area contributed by atoms with Crippen molar-refractivity contribution in [1.29, 1.82) is 0 Å². The number of benzene rings is 4. The Balaban J connectivity index is 1.34. The van der Waals surface area contributed by atoms with Gasteiger partial charge in [0.25, 0.3) is 0 Å². The van der Waals surface area contributed by atoms with Gasteiger partial charge in [0.2, 0.25) is 0 Å². The van der Waals surface area contributed by atoms with Crippen molar-refractivity contribution in [2.45, 2.75) is 25.7 Å². The van der Waals surface area contributed by atoms with Crippen LogP contribution >= 0.6 is 0 Å². The maximum Gasteiger partial charge on any atom is 0.343 e. The van der Waals surface area contributed by atoms with Gasteiger partial charge in [0.1, 0.15) is 23.0 Å². The lowest BCUT2D eigenvalue weighted by atomic mass is 10.1. The number of esters is 2. The van der Waals surface area contributed by atoms with Crippen LogP contribution in [-0.2, 0) is 9.47 Å². The van der Waals surface area contributed by atoms with E-state index in [0.29, 0.717) is 71.3 Å². The van der Waals surface area contributed by atoms with Crippen LogP contribution < -0.4 is 18.9 Å². The molecule has 0 aromatic heterocycles. The van der Waals surface area contributed by atoms with E-state index in [4.69, 9.17) is 28.4 Å². The molecule has 0 amide bonds. The first-order valence-corrected chi connectivity index (χ1v) is 14.5. The molecule has 0 unspecified atom stereocenters. The summed E-state index contributed by atoms with van der Waals surface area (Å²) in [6.45, 7) is 9.32. The van der Waals surface area contributed by atoms with Crippen molar-refractivity contribution in [3.63, 3.8) is 0 Å². The van der Waals surface area contributed by atoms with Gasteiger partial charge in [0.15, 0.2) is 0 Å². The van der Waals surface area contributed by atoms with E-state index >= 15 is 0 Å². The number of rotatable bonds is 18. The number of hydrogen-bond donors (Lipinski definition) is 0. The third kappa shape index (κ3) is 9.39. The average molecular weight is 597 g/mol. The SMILES string of the molecule is C=COCCCCOc1ccc(C(=O)Oc2ccc(OC(=O)c3ccc(OCCCCOC=C)cc3)c3ccccc23)cc1. The highest BCUT2D eigenvalue weighted by Crippen LogP contribution is 2.34. The molecule has 4 aromatic rings. The lowest BCUT2D eigenvalue weighted by Gasteiger charge is -2.12. The minimum absolute atomic E-state index is 0.352. The van der Waals surface area contributed by atoms with E-state index in [1.54, 1.807) is 60.7 Å². The lowest BCUT2D eigenvalue weighted by molar-refractivity contribution is 0.0723. The lowest BCUT2D eigenvalue weighted by Crippen LogP contribution is -2.10. The van der Waals surface area contributed by atoms with E-state index in [0.717, 1.165) is 25.7 Å². The van der Waals surface area contributed by atoms with E-state index in [9.17, 15) is 9.59 Å². The smallest absolute Gasteiger partial charge is 0.343 e. The van der Waals surface area contributed by atoms with Crippen molar-refractivity contribution >= 4 is 22.7 Å². The molecule has 0 aliphatic heterocycles. The fourth-order valence-corrected chi connectivity index (χ4v) is 4.24. The largest absolute Gasteiger partial charge is 0.502 e. The molecule has 0 bridgehead atoms. The normalized spacial score (nSPS) is 10.5. The fourth-order valence-electron chi connectivity index (χ4n) is 4.24. The first-order chi connectivity index (χ1) is 21.6. The van der Waals surface area contributed by atoms with Gasteiger partial charge in [-0.3, -0.25) is 0 Å². The third-order valence-corrected chi connectivity index (χ3v) is 6.52. The van der Waals surface area contributed by atoms with Gasteiger partial charge < -0.3 is 28.4 Å². The van der Waals surface area contributed by atoms with Gasteiger partial charge in [0, 0.05) is 10.8 Å². The molecule has 4 rings (SSSR count). The molecule has 0 saturated carbocycles. The average Bonchev–Trinajstić information content (AvgIpc) is 3.06. The van der Waals surface area contributed by atoms with Crippen LogP contribution in [0.2, 0.25) is 0 Å². The molecule has 0 radical (unpaired) electrons. The van der Waals surface area contributed by atoms with E-state index in [1.165, 1.54) is 12.5 Å². The van der Waals surface area contributed by atoms with Crippen LogP contribution in [0, 0.1) is 0 Å². The second-order valence-electron chi connectivity index (χ2n) is 9.62. The van der Waals surface area contributed by atoms with Crippen molar-refractivity contribution in [3.05, 3.63) is 122 Å². The number of fused-ring (bicyclic) bond motifs is 1. The summed E-state index contributed by atoms with van der Waals surface area (Å²) < 4.78 is 33.1. The Morgan fingerprint density at radius 3 is 1.30 bits per heavy atom. The summed E-state index contributed by atoms with van der Waals surface area (Å²) in [5, 5.41) is 1.27. The Labute approximate surface area is 257 Å². The summed E-state index contributed by atoms with van der Waals surface area (Å²) in [5.41, 5.74) is 0.760. The maximum atomic E-state index is 12.9. The Hall–Kier alpha value is -5.24. The van der Waals surface area contributed by atoms with Crippen molar-refractivity contribution in [3.8, 4) is 23.0 Å². The molecule has 0 fully saturated rings. The zero-order chi connectivity index (χ0) is 31.0. The first kappa shape index (κ1) is 31.7. The van der Waals surface area contributed by atoms with Crippen LogP contribution in [0.1, 0.15) is 46.4 Å². The van der Waals surface area contributed by atoms with Gasteiger partial charge in [-0.25, -0.2) is 9.59 Å². The Morgan fingerprint density at radius 1 is 0.523 bits per heavy atom. The Bertz CT molecular complexity index is 1410. The summed E-state index contributed by atoms with van der Waals surface area (Å²) in [4.78, 5) is 25.9. The third-order valence-electron chi connectivity index (χ3n) is 6.52. The maximum absolute atomic E-state index is 12.9. The quantitative estimate of drug-likeness (QED) is 0.0495. The van der Waals surface area contributed by atoms with E-state index in [2.05, 4.69) is 13.2 Å². The molecule has 0 aliphatic carbocycles. The minimum Gasteiger partial charge on any atom is -0.502 e. The fraction of sp³-hybridized carbons (Fsp3) is 0.222. The first-order valence-electron chi connectivity index (χ1n) is 14.5. The molecular weight excluding hydrogens is 560 g/mol. The Morgan fingerprint density at radius 2 is 0.909 bits per heavy atom. The molecule has 0 heterocycles. The summed E-state index contributed by atoms with van der Waals surface area (Å²) in [6.07, 6.45) is 6.25. The highest BCUT2D eigenvalue weighted by atomic mass is 16.5. The van der Waals surface area contributed by atoms with Crippen molar-refractivity contribution in [2.75, 3.05) is 26.4 Å². The minimum atomic E-state index is -0.513. The second-order valence-corrected chi connectivity index (χ2v) is 9.62. The van der Waals surface area contributed by atoms with Crippen LogP contribution in [0.25, 0.3) is 10.8 Å². The summed E-state index contributed by atoms with van der Waals surface area (Å²) >= 11 is 0. The highest BCUT2D eigenvalue weighted by molar-refractivity contribution is 6.00. The van der Waals surface area contributed by atoms with Crippen LogP contribution in [0.3, 0.4) is 0 Å². The monoisotopic (exact) mass is 596 g/mol. The van der Waals surface area contributed by atoms with E-state index in [1.807, 2.05) is 24.3 Å². The van der Waals surface area contributed by atoms with Gasteiger partial charge in [-0.05, 0) is 86.3 Å². The predicted octanol–water partition coefficient (Wildman–Crippen LogP) is 7.92. The molecule has 0 saturated heterocycles. The molecule has 0 aliphatic rings. The topological polar surface area (TPSA) is 89.5 Å². The number of carbonyl (C=O) groups excluding carboxylic acids is 2.